The Morgan fingerprint density at radius 2 is 1.38 bits per heavy atom. The van der Waals surface area contributed by atoms with E-state index in [2.05, 4.69) is 10.6 Å². The van der Waals surface area contributed by atoms with Gasteiger partial charge < -0.3 is 10.6 Å². The van der Waals surface area contributed by atoms with Gasteiger partial charge in [0.25, 0.3) is 11.8 Å². The summed E-state index contributed by atoms with van der Waals surface area (Å²) in [5, 5.41) is 5.65. The second-order valence-corrected chi connectivity index (χ2v) is 6.66. The minimum Gasteiger partial charge on any atom is -0.352 e. The second kappa shape index (κ2) is 9.46. The standard InChI is InChI=1S/C24H22N2O3/c1-17(27)19-10-12-22(13-11-19)26-24(29)21-9-5-8-20(16-21)23(28)25-15-14-18-6-3-2-4-7-18/h2-13,16H,14-15H2,1H3,(H,25,28)(H,26,29). The molecule has 0 atom stereocenters. The summed E-state index contributed by atoms with van der Waals surface area (Å²) in [5.74, 6) is -0.574. The molecule has 3 aromatic rings. The van der Waals surface area contributed by atoms with Crippen molar-refractivity contribution >= 4 is 23.3 Å². The van der Waals surface area contributed by atoms with E-state index >= 15 is 0 Å². The Bertz CT molecular complexity index is 1010. The third kappa shape index (κ3) is 5.62. The van der Waals surface area contributed by atoms with Crippen LogP contribution < -0.4 is 10.6 Å². The number of ketones is 1. The molecule has 2 amide bonds. The number of benzene rings is 3. The summed E-state index contributed by atoms with van der Waals surface area (Å²) in [6.07, 6.45) is 0.739. The summed E-state index contributed by atoms with van der Waals surface area (Å²) in [6.45, 7) is 2.01. The van der Waals surface area contributed by atoms with E-state index in [4.69, 9.17) is 0 Å². The van der Waals surface area contributed by atoms with Crippen LogP contribution in [-0.4, -0.2) is 24.1 Å². The van der Waals surface area contributed by atoms with Crippen LogP contribution in [0.5, 0.6) is 0 Å². The molecule has 0 aliphatic rings. The van der Waals surface area contributed by atoms with Gasteiger partial charge in [-0.15, -0.1) is 0 Å². The molecule has 0 bridgehead atoms. The number of carbonyl (C=O) groups excluding carboxylic acids is 3. The highest BCUT2D eigenvalue weighted by atomic mass is 16.2. The Labute approximate surface area is 169 Å². The van der Waals surface area contributed by atoms with Crippen molar-refractivity contribution in [1.82, 2.24) is 5.32 Å². The van der Waals surface area contributed by atoms with Gasteiger partial charge in [-0.2, -0.15) is 0 Å². The second-order valence-electron chi connectivity index (χ2n) is 6.66. The van der Waals surface area contributed by atoms with Crippen LogP contribution in [0.1, 0.15) is 43.6 Å². The molecule has 146 valence electrons. The van der Waals surface area contributed by atoms with Gasteiger partial charge in [-0.25, -0.2) is 0 Å². The predicted molar refractivity (Wildman–Crippen MR) is 113 cm³/mol. The van der Waals surface area contributed by atoms with E-state index in [0.29, 0.717) is 28.9 Å². The van der Waals surface area contributed by atoms with Crippen LogP contribution in [0.4, 0.5) is 5.69 Å². The summed E-state index contributed by atoms with van der Waals surface area (Å²) in [7, 11) is 0. The van der Waals surface area contributed by atoms with Crippen LogP contribution in [0.2, 0.25) is 0 Å². The number of hydrogen-bond acceptors (Lipinski definition) is 3. The highest BCUT2D eigenvalue weighted by Gasteiger charge is 2.11. The lowest BCUT2D eigenvalue weighted by molar-refractivity contribution is 0.0953. The smallest absolute Gasteiger partial charge is 0.255 e. The largest absolute Gasteiger partial charge is 0.352 e. The van der Waals surface area contributed by atoms with E-state index in [1.165, 1.54) is 6.92 Å². The third-order valence-electron chi connectivity index (χ3n) is 4.48. The fourth-order valence-electron chi connectivity index (χ4n) is 2.86. The number of hydrogen-bond donors (Lipinski definition) is 2. The molecule has 0 saturated heterocycles. The van der Waals surface area contributed by atoms with Crippen molar-refractivity contribution in [2.45, 2.75) is 13.3 Å². The van der Waals surface area contributed by atoms with E-state index in [-0.39, 0.29) is 17.6 Å². The third-order valence-corrected chi connectivity index (χ3v) is 4.48. The molecule has 0 fully saturated rings. The van der Waals surface area contributed by atoms with Crippen molar-refractivity contribution in [3.8, 4) is 0 Å². The number of amides is 2. The SMILES string of the molecule is CC(=O)c1ccc(NC(=O)c2cccc(C(=O)NCCc3ccccc3)c2)cc1. The van der Waals surface area contributed by atoms with Gasteiger partial charge in [-0.1, -0.05) is 36.4 Å². The van der Waals surface area contributed by atoms with E-state index in [0.717, 1.165) is 12.0 Å². The van der Waals surface area contributed by atoms with Gasteiger partial charge in [0.15, 0.2) is 5.78 Å². The number of anilines is 1. The van der Waals surface area contributed by atoms with Crippen molar-refractivity contribution in [3.63, 3.8) is 0 Å². The molecule has 0 spiro atoms. The molecule has 29 heavy (non-hydrogen) atoms. The molecule has 0 saturated carbocycles. The monoisotopic (exact) mass is 386 g/mol. The van der Waals surface area contributed by atoms with Crippen LogP contribution in [0, 0.1) is 0 Å². The lowest BCUT2D eigenvalue weighted by Gasteiger charge is -2.08. The molecular formula is C24H22N2O3. The summed E-state index contributed by atoms with van der Waals surface area (Å²) in [5.41, 5.74) is 3.13. The van der Waals surface area contributed by atoms with Crippen LogP contribution in [0.25, 0.3) is 0 Å². The van der Waals surface area contributed by atoms with Gasteiger partial charge >= 0.3 is 0 Å². The topological polar surface area (TPSA) is 75.3 Å². The maximum atomic E-state index is 12.5. The van der Waals surface area contributed by atoms with E-state index in [1.54, 1.807) is 48.5 Å². The lowest BCUT2D eigenvalue weighted by Crippen LogP contribution is -2.26. The van der Waals surface area contributed by atoms with Gasteiger partial charge in [0.1, 0.15) is 0 Å². The first kappa shape index (κ1) is 20.0. The maximum absolute atomic E-state index is 12.5. The molecule has 3 aromatic carbocycles. The van der Waals surface area contributed by atoms with Gasteiger partial charge in [-0.05, 0) is 61.4 Å². The molecule has 0 aliphatic heterocycles. The summed E-state index contributed by atoms with van der Waals surface area (Å²) in [6, 6.07) is 23.2. The van der Waals surface area contributed by atoms with Crippen molar-refractivity contribution in [2.75, 3.05) is 11.9 Å². The van der Waals surface area contributed by atoms with Crippen molar-refractivity contribution in [1.29, 1.82) is 0 Å². The number of rotatable bonds is 7. The zero-order chi connectivity index (χ0) is 20.6. The van der Waals surface area contributed by atoms with Gasteiger partial charge in [-0.3, -0.25) is 14.4 Å². The Morgan fingerprint density at radius 1 is 0.724 bits per heavy atom. The molecule has 2 N–H and O–H groups in total. The Balaban J connectivity index is 1.59. The minimum atomic E-state index is -0.320. The molecule has 0 radical (unpaired) electrons. The highest BCUT2D eigenvalue weighted by molar-refractivity contribution is 6.06. The number of carbonyl (C=O) groups is 3. The summed E-state index contributed by atoms with van der Waals surface area (Å²) >= 11 is 0. The first-order chi connectivity index (χ1) is 14.0. The molecule has 0 aliphatic carbocycles. The van der Waals surface area contributed by atoms with Crippen molar-refractivity contribution in [2.24, 2.45) is 0 Å². The molecule has 5 heteroatoms. The van der Waals surface area contributed by atoms with E-state index in [1.807, 2.05) is 30.3 Å². The number of Topliss-reactive ketones (excluding diaryl/α,β-unsaturated/α-hetero) is 1. The quantitative estimate of drug-likeness (QED) is 0.600. The zero-order valence-corrected chi connectivity index (χ0v) is 16.1. The zero-order valence-electron chi connectivity index (χ0n) is 16.1. The first-order valence-electron chi connectivity index (χ1n) is 9.37. The Hall–Kier alpha value is -3.73. The fraction of sp³-hybridized carbons (Fsp3) is 0.125. The summed E-state index contributed by atoms with van der Waals surface area (Å²) < 4.78 is 0. The van der Waals surface area contributed by atoms with Crippen LogP contribution in [0.3, 0.4) is 0 Å². The van der Waals surface area contributed by atoms with E-state index < -0.39 is 0 Å². The highest BCUT2D eigenvalue weighted by Crippen LogP contribution is 2.13. The van der Waals surface area contributed by atoms with Gasteiger partial charge in [0.05, 0.1) is 0 Å². The van der Waals surface area contributed by atoms with Crippen LogP contribution in [-0.2, 0) is 6.42 Å². The molecule has 5 nitrogen and oxygen atoms in total. The Morgan fingerprint density at radius 3 is 2.03 bits per heavy atom. The molecule has 0 aromatic heterocycles. The molecule has 3 rings (SSSR count). The summed E-state index contributed by atoms with van der Waals surface area (Å²) in [4.78, 5) is 36.2. The maximum Gasteiger partial charge on any atom is 0.255 e. The Kier molecular flexibility index (Phi) is 6.53. The molecule has 0 unspecified atom stereocenters. The van der Waals surface area contributed by atoms with E-state index in [9.17, 15) is 14.4 Å². The van der Waals surface area contributed by atoms with Crippen molar-refractivity contribution in [3.05, 3.63) is 101 Å². The average molecular weight is 386 g/mol. The lowest BCUT2D eigenvalue weighted by atomic mass is 10.1. The first-order valence-corrected chi connectivity index (χ1v) is 9.37. The van der Waals surface area contributed by atoms with Gasteiger partial charge in [0.2, 0.25) is 0 Å². The van der Waals surface area contributed by atoms with Crippen LogP contribution >= 0.6 is 0 Å². The van der Waals surface area contributed by atoms with Crippen molar-refractivity contribution < 1.29 is 14.4 Å². The fourth-order valence-corrected chi connectivity index (χ4v) is 2.86. The average Bonchev–Trinajstić information content (AvgIpc) is 2.75. The normalized spacial score (nSPS) is 10.2. The van der Waals surface area contributed by atoms with Gasteiger partial charge in [0, 0.05) is 28.9 Å². The van der Waals surface area contributed by atoms with Crippen LogP contribution in [0.15, 0.2) is 78.9 Å². The molecule has 0 heterocycles. The molecular weight excluding hydrogens is 364 g/mol. The predicted octanol–water partition coefficient (Wildman–Crippen LogP) is 4.11. The number of nitrogens with one attached hydrogen (secondary N) is 2. The minimum absolute atomic E-state index is 0.0335.